The van der Waals surface area contributed by atoms with Gasteiger partial charge in [-0.3, -0.25) is 0 Å². The minimum atomic E-state index is -0.296. The predicted molar refractivity (Wildman–Crippen MR) is 47.4 cm³/mol. The van der Waals surface area contributed by atoms with E-state index in [4.69, 9.17) is 15.3 Å². The van der Waals surface area contributed by atoms with Crippen LogP contribution < -0.4 is 5.73 Å². The highest BCUT2D eigenvalue weighted by Crippen LogP contribution is 2.08. The number of furan rings is 1. The fraction of sp³-hybridized carbons (Fsp3) is 0.333. The van der Waals surface area contributed by atoms with Gasteiger partial charge in [0.1, 0.15) is 5.76 Å². The molecule has 66 valence electrons. The lowest BCUT2D eigenvalue weighted by molar-refractivity contribution is 0.280. The number of rotatable bonds is 3. The van der Waals surface area contributed by atoms with E-state index < -0.39 is 0 Å². The lowest BCUT2D eigenvalue weighted by Gasteiger charge is -2.06. The molecule has 12 heavy (non-hydrogen) atoms. The minimum absolute atomic E-state index is 0.0386. The predicted octanol–water partition coefficient (Wildman–Crippen LogP) is 1.00. The van der Waals surface area contributed by atoms with Gasteiger partial charge in [-0.2, -0.15) is 0 Å². The van der Waals surface area contributed by atoms with Crippen molar-refractivity contribution >= 4 is 6.08 Å². The first kappa shape index (κ1) is 9.03. The van der Waals surface area contributed by atoms with Gasteiger partial charge >= 0.3 is 0 Å². The average Bonchev–Trinajstić information content (AvgIpc) is 2.55. The maximum Gasteiger partial charge on any atom is 0.126 e. The summed E-state index contributed by atoms with van der Waals surface area (Å²) in [5.74, 6) is 0.761. The van der Waals surface area contributed by atoms with Crippen molar-refractivity contribution in [1.82, 2.24) is 0 Å². The summed E-state index contributed by atoms with van der Waals surface area (Å²) >= 11 is 0. The van der Waals surface area contributed by atoms with Crippen LogP contribution in [0.1, 0.15) is 12.7 Å². The largest absolute Gasteiger partial charge is 0.465 e. The van der Waals surface area contributed by atoms with Gasteiger partial charge in [0.15, 0.2) is 0 Å². The van der Waals surface area contributed by atoms with Crippen molar-refractivity contribution in [2.75, 3.05) is 6.61 Å². The van der Waals surface area contributed by atoms with Gasteiger partial charge in [-0.1, -0.05) is 5.57 Å². The van der Waals surface area contributed by atoms with Crippen LogP contribution in [0.15, 0.2) is 28.4 Å². The van der Waals surface area contributed by atoms with Gasteiger partial charge in [0.2, 0.25) is 0 Å². The molecule has 1 rings (SSSR count). The number of aliphatic hydroxyl groups excluding tert-OH is 1. The van der Waals surface area contributed by atoms with Crippen molar-refractivity contribution in [3.8, 4) is 0 Å². The van der Waals surface area contributed by atoms with Gasteiger partial charge in [0, 0.05) is 6.04 Å². The van der Waals surface area contributed by atoms with Crippen LogP contribution in [0.3, 0.4) is 0 Å². The second-order valence-corrected chi connectivity index (χ2v) is 2.69. The van der Waals surface area contributed by atoms with Crippen LogP contribution in [0.2, 0.25) is 0 Å². The SMILES string of the molecule is C/C(=C\c1ccco1)[C@H](N)CO. The van der Waals surface area contributed by atoms with Gasteiger partial charge in [-0.15, -0.1) is 0 Å². The molecule has 1 aromatic heterocycles. The Hall–Kier alpha value is -1.06. The average molecular weight is 167 g/mol. The first-order chi connectivity index (χ1) is 5.74. The quantitative estimate of drug-likeness (QED) is 0.706. The van der Waals surface area contributed by atoms with Gasteiger partial charge in [-0.05, 0) is 25.1 Å². The molecule has 0 saturated carbocycles. The number of nitrogens with two attached hydrogens (primary N) is 1. The third-order valence-electron chi connectivity index (χ3n) is 1.69. The van der Waals surface area contributed by atoms with E-state index in [9.17, 15) is 0 Å². The van der Waals surface area contributed by atoms with Crippen molar-refractivity contribution in [1.29, 1.82) is 0 Å². The maximum absolute atomic E-state index is 8.74. The molecular formula is C9H13NO2. The van der Waals surface area contributed by atoms with E-state index in [2.05, 4.69) is 0 Å². The first-order valence-corrected chi connectivity index (χ1v) is 3.82. The molecule has 0 saturated heterocycles. The monoisotopic (exact) mass is 167 g/mol. The highest BCUT2D eigenvalue weighted by atomic mass is 16.3. The number of aliphatic hydroxyl groups is 1. The molecule has 0 amide bonds. The number of hydrogen-bond donors (Lipinski definition) is 2. The van der Waals surface area contributed by atoms with Gasteiger partial charge < -0.3 is 15.3 Å². The van der Waals surface area contributed by atoms with Gasteiger partial charge in [-0.25, -0.2) is 0 Å². The summed E-state index contributed by atoms with van der Waals surface area (Å²) in [6, 6.07) is 3.35. The van der Waals surface area contributed by atoms with Crippen molar-refractivity contribution < 1.29 is 9.52 Å². The van der Waals surface area contributed by atoms with E-state index in [1.54, 1.807) is 6.26 Å². The normalized spacial score (nSPS) is 14.8. The first-order valence-electron chi connectivity index (χ1n) is 3.82. The third kappa shape index (κ3) is 2.22. The summed E-state index contributed by atoms with van der Waals surface area (Å²) in [4.78, 5) is 0. The van der Waals surface area contributed by atoms with E-state index >= 15 is 0 Å². The van der Waals surface area contributed by atoms with E-state index in [0.717, 1.165) is 11.3 Å². The summed E-state index contributed by atoms with van der Waals surface area (Å²) in [6.45, 7) is 1.83. The van der Waals surface area contributed by atoms with Crippen LogP contribution in [0.4, 0.5) is 0 Å². The molecule has 3 N–H and O–H groups in total. The lowest BCUT2D eigenvalue weighted by atomic mass is 10.1. The molecule has 0 fully saturated rings. The summed E-state index contributed by atoms with van der Waals surface area (Å²) in [6.07, 6.45) is 3.42. The molecule has 0 aromatic carbocycles. The van der Waals surface area contributed by atoms with Crippen molar-refractivity contribution in [2.24, 2.45) is 5.73 Å². The Labute approximate surface area is 71.5 Å². The third-order valence-corrected chi connectivity index (χ3v) is 1.69. The lowest BCUT2D eigenvalue weighted by Crippen LogP contribution is -2.25. The highest BCUT2D eigenvalue weighted by Gasteiger charge is 2.02. The Kier molecular flexibility index (Phi) is 3.08. The number of hydrogen-bond acceptors (Lipinski definition) is 3. The molecule has 0 aliphatic rings. The summed E-state index contributed by atoms with van der Waals surface area (Å²) in [5.41, 5.74) is 6.48. The second-order valence-electron chi connectivity index (χ2n) is 2.69. The Morgan fingerprint density at radius 1 is 1.83 bits per heavy atom. The van der Waals surface area contributed by atoms with Gasteiger partial charge in [0.05, 0.1) is 12.9 Å². The Bertz CT molecular complexity index is 252. The minimum Gasteiger partial charge on any atom is -0.465 e. The molecule has 3 heteroatoms. The smallest absolute Gasteiger partial charge is 0.126 e. The molecule has 1 atom stereocenters. The van der Waals surface area contributed by atoms with Crippen LogP contribution >= 0.6 is 0 Å². The zero-order valence-electron chi connectivity index (χ0n) is 7.03. The molecule has 0 aliphatic carbocycles. The molecule has 0 spiro atoms. The van der Waals surface area contributed by atoms with E-state index in [1.807, 2.05) is 25.1 Å². The maximum atomic E-state index is 8.74. The van der Waals surface area contributed by atoms with Crippen molar-refractivity contribution in [3.05, 3.63) is 29.7 Å². The summed E-state index contributed by atoms with van der Waals surface area (Å²) < 4.78 is 5.09. The molecular weight excluding hydrogens is 154 g/mol. The van der Waals surface area contributed by atoms with Crippen LogP contribution in [0, 0.1) is 0 Å². The summed E-state index contributed by atoms with van der Waals surface area (Å²) in [5, 5.41) is 8.74. The van der Waals surface area contributed by atoms with Crippen molar-refractivity contribution in [3.63, 3.8) is 0 Å². The fourth-order valence-electron chi connectivity index (χ4n) is 0.849. The zero-order valence-corrected chi connectivity index (χ0v) is 7.03. The summed E-state index contributed by atoms with van der Waals surface area (Å²) in [7, 11) is 0. The highest BCUT2D eigenvalue weighted by molar-refractivity contribution is 5.47. The molecule has 3 nitrogen and oxygen atoms in total. The zero-order chi connectivity index (χ0) is 8.97. The van der Waals surface area contributed by atoms with E-state index in [0.29, 0.717) is 0 Å². The van der Waals surface area contributed by atoms with Crippen LogP contribution in [0.25, 0.3) is 6.08 Å². The molecule has 1 aromatic rings. The Balaban J connectivity index is 2.69. The molecule has 0 aliphatic heterocycles. The van der Waals surface area contributed by atoms with E-state index in [-0.39, 0.29) is 12.6 Å². The Morgan fingerprint density at radius 2 is 2.58 bits per heavy atom. The molecule has 1 heterocycles. The second kappa shape index (κ2) is 4.09. The molecule has 0 bridgehead atoms. The van der Waals surface area contributed by atoms with Crippen LogP contribution in [-0.4, -0.2) is 17.8 Å². The topological polar surface area (TPSA) is 59.4 Å². The fourth-order valence-corrected chi connectivity index (χ4v) is 0.849. The standard InChI is InChI=1S/C9H13NO2/c1-7(9(10)6-11)5-8-3-2-4-12-8/h2-5,9,11H,6,10H2,1H3/b7-5+/t9-/m1/s1. The van der Waals surface area contributed by atoms with Crippen LogP contribution in [0.5, 0.6) is 0 Å². The van der Waals surface area contributed by atoms with Crippen LogP contribution in [-0.2, 0) is 0 Å². The molecule has 0 unspecified atom stereocenters. The van der Waals surface area contributed by atoms with Crippen molar-refractivity contribution in [2.45, 2.75) is 13.0 Å². The molecule has 0 radical (unpaired) electrons. The Morgan fingerprint density at radius 3 is 3.08 bits per heavy atom. The van der Waals surface area contributed by atoms with Gasteiger partial charge in [0.25, 0.3) is 0 Å². The van der Waals surface area contributed by atoms with E-state index in [1.165, 1.54) is 0 Å².